The molecule has 0 spiro atoms. The lowest BCUT2D eigenvalue weighted by molar-refractivity contribution is -0.141. The number of aryl methyl sites for hydroxylation is 2. The van der Waals surface area contributed by atoms with Crippen molar-refractivity contribution in [2.24, 2.45) is 0 Å². The molecule has 1 N–H and O–H groups in total. The number of anilines is 1. The second-order valence-corrected chi connectivity index (χ2v) is 13.2. The minimum Gasteiger partial charge on any atom is -0.497 e. The van der Waals surface area contributed by atoms with Crippen LogP contribution in [0.1, 0.15) is 57.7 Å². The van der Waals surface area contributed by atoms with Crippen molar-refractivity contribution >= 4 is 27.5 Å². The molecule has 0 heterocycles. The maximum atomic E-state index is 14.3. The van der Waals surface area contributed by atoms with Gasteiger partial charge in [-0.2, -0.15) is 0 Å². The second-order valence-electron chi connectivity index (χ2n) is 11.3. The predicted molar refractivity (Wildman–Crippen MR) is 167 cm³/mol. The molecule has 0 saturated carbocycles. The molecule has 8 nitrogen and oxygen atoms in total. The average molecular weight is 594 g/mol. The third-order valence-corrected chi connectivity index (χ3v) is 8.67. The number of methoxy groups -OCH3 is 1. The van der Waals surface area contributed by atoms with Crippen LogP contribution in [0.2, 0.25) is 0 Å². The van der Waals surface area contributed by atoms with E-state index in [0.717, 1.165) is 16.7 Å². The fourth-order valence-corrected chi connectivity index (χ4v) is 6.20. The van der Waals surface area contributed by atoms with Gasteiger partial charge in [0.05, 0.1) is 17.7 Å². The Bertz CT molecular complexity index is 1480. The van der Waals surface area contributed by atoms with Gasteiger partial charge in [-0.15, -0.1) is 0 Å². The fraction of sp³-hybridized carbons (Fsp3) is 0.394. The van der Waals surface area contributed by atoms with Crippen molar-refractivity contribution < 1.29 is 22.7 Å². The van der Waals surface area contributed by atoms with Gasteiger partial charge in [-0.3, -0.25) is 13.9 Å². The number of para-hydroxylation sites is 1. The first-order chi connectivity index (χ1) is 19.8. The molecule has 9 heteroatoms. The highest BCUT2D eigenvalue weighted by Crippen LogP contribution is 2.29. The van der Waals surface area contributed by atoms with E-state index in [9.17, 15) is 18.0 Å². The average Bonchev–Trinajstić information content (AvgIpc) is 2.95. The Morgan fingerprint density at radius 2 is 1.62 bits per heavy atom. The molecule has 0 saturated heterocycles. The number of nitrogens with zero attached hydrogens (tertiary/aromatic N) is 2. The van der Waals surface area contributed by atoms with Crippen molar-refractivity contribution in [1.82, 2.24) is 10.2 Å². The summed E-state index contributed by atoms with van der Waals surface area (Å²) >= 11 is 0. The zero-order valence-electron chi connectivity index (χ0n) is 25.7. The van der Waals surface area contributed by atoms with E-state index in [2.05, 4.69) is 5.32 Å². The summed E-state index contributed by atoms with van der Waals surface area (Å²) in [6.07, 6.45) is 0.914. The Hall–Kier alpha value is -3.85. The highest BCUT2D eigenvalue weighted by atomic mass is 32.2. The zero-order valence-corrected chi connectivity index (χ0v) is 26.5. The third kappa shape index (κ3) is 8.12. The molecular weight excluding hydrogens is 550 g/mol. The van der Waals surface area contributed by atoms with Crippen LogP contribution in [0.3, 0.4) is 0 Å². The summed E-state index contributed by atoms with van der Waals surface area (Å²) in [4.78, 5) is 29.4. The molecule has 226 valence electrons. The van der Waals surface area contributed by atoms with Crippen molar-refractivity contribution in [3.8, 4) is 5.75 Å². The number of hydrogen-bond donors (Lipinski definition) is 1. The second kappa shape index (κ2) is 13.9. The SMILES string of the molecule is CCc1ccccc1N(CC(=O)N(Cc1cccc(OC)c1)[C@@H](CC)C(=O)NC(C)(C)C)S(=O)(=O)c1ccc(C)cc1. The van der Waals surface area contributed by atoms with E-state index in [-0.39, 0.29) is 17.3 Å². The van der Waals surface area contributed by atoms with Gasteiger partial charge in [0.1, 0.15) is 18.3 Å². The summed E-state index contributed by atoms with van der Waals surface area (Å²) in [7, 11) is -2.57. The standard InChI is InChI=1S/C33H43N3O5S/c1-8-26-14-10-11-16-30(26)36(42(39,40)28-19-17-24(3)18-20-28)23-31(37)35(22-25-13-12-15-27(21-25)41-7)29(9-2)32(38)34-33(4,5)6/h10-21,29H,8-9,22-23H2,1-7H3,(H,34,38)/t29-/m0/s1. The number of amides is 2. The van der Waals surface area contributed by atoms with Crippen LogP contribution in [0, 0.1) is 6.92 Å². The van der Waals surface area contributed by atoms with E-state index in [0.29, 0.717) is 24.3 Å². The maximum Gasteiger partial charge on any atom is 0.264 e. The number of carbonyl (C=O) groups excluding carboxylic acids is 2. The molecule has 0 unspecified atom stereocenters. The van der Waals surface area contributed by atoms with E-state index in [4.69, 9.17) is 4.74 Å². The van der Waals surface area contributed by atoms with Crippen LogP contribution >= 0.6 is 0 Å². The molecule has 0 radical (unpaired) electrons. The van der Waals surface area contributed by atoms with Crippen LogP contribution in [0.5, 0.6) is 5.75 Å². The number of benzene rings is 3. The molecule has 3 aromatic rings. The Morgan fingerprint density at radius 1 is 0.952 bits per heavy atom. The summed E-state index contributed by atoms with van der Waals surface area (Å²) < 4.78 is 34.8. The van der Waals surface area contributed by atoms with Gasteiger partial charge < -0.3 is 15.0 Å². The molecule has 3 aromatic carbocycles. The number of hydrogen-bond acceptors (Lipinski definition) is 5. The molecule has 0 aliphatic carbocycles. The monoisotopic (exact) mass is 593 g/mol. The van der Waals surface area contributed by atoms with Gasteiger partial charge in [-0.25, -0.2) is 8.42 Å². The van der Waals surface area contributed by atoms with Gasteiger partial charge in [0, 0.05) is 12.1 Å². The minimum absolute atomic E-state index is 0.0867. The van der Waals surface area contributed by atoms with Crippen molar-refractivity contribution in [3.63, 3.8) is 0 Å². The van der Waals surface area contributed by atoms with Crippen LogP contribution in [-0.2, 0) is 32.6 Å². The number of rotatable bonds is 12. The lowest BCUT2D eigenvalue weighted by atomic mass is 10.1. The zero-order chi connectivity index (χ0) is 31.1. The van der Waals surface area contributed by atoms with E-state index >= 15 is 0 Å². The summed E-state index contributed by atoms with van der Waals surface area (Å²) in [6.45, 7) is 10.9. The Morgan fingerprint density at radius 3 is 2.21 bits per heavy atom. The summed E-state index contributed by atoms with van der Waals surface area (Å²) in [5, 5.41) is 2.99. The summed E-state index contributed by atoms with van der Waals surface area (Å²) in [5.74, 6) is -0.175. The van der Waals surface area contributed by atoms with Gasteiger partial charge >= 0.3 is 0 Å². The largest absolute Gasteiger partial charge is 0.497 e. The first-order valence-corrected chi connectivity index (χ1v) is 15.7. The molecule has 3 rings (SSSR count). The molecule has 42 heavy (non-hydrogen) atoms. The van der Waals surface area contributed by atoms with E-state index in [1.807, 2.05) is 71.9 Å². The van der Waals surface area contributed by atoms with Gasteiger partial charge in [-0.1, -0.05) is 61.9 Å². The Balaban J connectivity index is 2.12. The Labute approximate surface area is 250 Å². The normalized spacial score (nSPS) is 12.4. The van der Waals surface area contributed by atoms with Crippen LogP contribution in [0.25, 0.3) is 0 Å². The summed E-state index contributed by atoms with van der Waals surface area (Å²) in [6, 6.07) is 20.2. The quantitative estimate of drug-likeness (QED) is 0.300. The lowest BCUT2D eigenvalue weighted by Crippen LogP contribution is -2.55. The van der Waals surface area contributed by atoms with Gasteiger partial charge in [-0.05, 0) is 82.0 Å². The topological polar surface area (TPSA) is 96.0 Å². The van der Waals surface area contributed by atoms with Gasteiger partial charge in [0.2, 0.25) is 11.8 Å². The first kappa shape index (κ1) is 32.7. The van der Waals surface area contributed by atoms with Crippen LogP contribution in [0.4, 0.5) is 5.69 Å². The minimum atomic E-state index is -4.13. The molecule has 0 bridgehead atoms. The predicted octanol–water partition coefficient (Wildman–Crippen LogP) is 5.48. The molecule has 1 atom stereocenters. The number of carbonyl (C=O) groups is 2. The van der Waals surface area contributed by atoms with E-state index in [1.165, 1.54) is 9.21 Å². The Kier molecular flexibility index (Phi) is 10.8. The van der Waals surface area contributed by atoms with Crippen molar-refractivity contribution in [3.05, 3.63) is 89.5 Å². The smallest absolute Gasteiger partial charge is 0.264 e. The molecule has 2 amide bonds. The number of sulfonamides is 1. The maximum absolute atomic E-state index is 14.3. The van der Waals surface area contributed by atoms with Crippen molar-refractivity contribution in [2.75, 3.05) is 18.0 Å². The van der Waals surface area contributed by atoms with Crippen molar-refractivity contribution in [2.45, 2.75) is 77.4 Å². The molecule has 0 aromatic heterocycles. The van der Waals surface area contributed by atoms with Gasteiger partial charge in [0.15, 0.2) is 0 Å². The highest BCUT2D eigenvalue weighted by Gasteiger charge is 2.35. The molecule has 0 aliphatic heterocycles. The van der Waals surface area contributed by atoms with Crippen LogP contribution in [-0.4, -0.2) is 50.4 Å². The fourth-order valence-electron chi connectivity index (χ4n) is 4.74. The molecule has 0 aliphatic rings. The molecule has 0 fully saturated rings. The lowest BCUT2D eigenvalue weighted by Gasteiger charge is -2.35. The number of ether oxygens (including phenoxy) is 1. The number of nitrogens with one attached hydrogen (secondary N) is 1. The summed E-state index contributed by atoms with van der Waals surface area (Å²) in [5.41, 5.74) is 2.38. The van der Waals surface area contributed by atoms with Crippen LogP contribution < -0.4 is 14.4 Å². The van der Waals surface area contributed by atoms with Crippen molar-refractivity contribution in [1.29, 1.82) is 0 Å². The van der Waals surface area contributed by atoms with Gasteiger partial charge in [0.25, 0.3) is 10.0 Å². The highest BCUT2D eigenvalue weighted by molar-refractivity contribution is 7.92. The first-order valence-electron chi connectivity index (χ1n) is 14.2. The van der Waals surface area contributed by atoms with Crippen LogP contribution in [0.15, 0.2) is 77.7 Å². The van der Waals surface area contributed by atoms with E-state index < -0.39 is 34.1 Å². The van der Waals surface area contributed by atoms with E-state index in [1.54, 1.807) is 49.6 Å². The third-order valence-electron chi connectivity index (χ3n) is 6.90. The molecular formula is C33H43N3O5S.